The molecule has 0 atom stereocenters. The van der Waals surface area contributed by atoms with Crippen LogP contribution in [0.15, 0.2) is 41.7 Å². The van der Waals surface area contributed by atoms with Crippen molar-refractivity contribution in [1.29, 1.82) is 0 Å². The van der Waals surface area contributed by atoms with E-state index in [1.54, 1.807) is 10.8 Å². The molecule has 0 fully saturated rings. The molecule has 1 radical (unpaired) electrons. The van der Waals surface area contributed by atoms with Gasteiger partial charge in [-0.15, -0.1) is 0 Å². The first-order valence-electron chi connectivity index (χ1n) is 10.3. The Morgan fingerprint density at radius 3 is 2.23 bits per heavy atom. The molecule has 1 heterocycles. The predicted molar refractivity (Wildman–Crippen MR) is 126 cm³/mol. The van der Waals surface area contributed by atoms with E-state index < -0.39 is 0 Å². The Bertz CT molecular complexity index is 826. The Morgan fingerprint density at radius 1 is 1.13 bits per heavy atom. The van der Waals surface area contributed by atoms with E-state index in [0.717, 1.165) is 23.2 Å². The van der Waals surface area contributed by atoms with Gasteiger partial charge in [0.15, 0.2) is 5.75 Å². The average molecular weight is 489 g/mol. The van der Waals surface area contributed by atoms with E-state index in [-0.39, 0.29) is 45.7 Å². The Hall–Kier alpha value is -1.26. The van der Waals surface area contributed by atoms with Gasteiger partial charge in [0, 0.05) is 39.3 Å². The van der Waals surface area contributed by atoms with Crippen LogP contribution in [0, 0.1) is 26.2 Å². The molecule has 0 aliphatic carbocycles. The second-order valence-corrected chi connectivity index (χ2v) is 7.54. The molecule has 2 rings (SSSR count). The minimum absolute atomic E-state index is 0. The number of nitrogens with zero attached hydrogens (tertiary/aromatic N) is 2. The minimum Gasteiger partial charge on any atom is -0.487 e. The smallest absolute Gasteiger partial charge is 0.278 e. The molecule has 0 aliphatic heterocycles. The number of ether oxygens (including phenoxy) is 1. The van der Waals surface area contributed by atoms with Gasteiger partial charge >= 0.3 is 0 Å². The van der Waals surface area contributed by atoms with Crippen LogP contribution in [0.4, 0.5) is 0 Å². The monoisotopic (exact) mass is 488 g/mol. The molecule has 0 aliphatic rings. The summed E-state index contributed by atoms with van der Waals surface area (Å²) in [5.41, 5.74) is 3.29. The second-order valence-electron chi connectivity index (χ2n) is 7.54. The first-order chi connectivity index (χ1) is 13.3. The van der Waals surface area contributed by atoms with Crippen LogP contribution in [-0.2, 0) is 45.7 Å². The van der Waals surface area contributed by atoms with Crippen molar-refractivity contribution in [3.63, 3.8) is 0 Å². The third kappa shape index (κ3) is 8.47. The van der Waals surface area contributed by atoms with E-state index in [0.29, 0.717) is 36.3 Å². The van der Waals surface area contributed by atoms with Gasteiger partial charge in [-0.2, -0.15) is 5.10 Å². The zero-order valence-electron chi connectivity index (χ0n) is 20.2. The maximum atomic E-state index is 13.3. The molecular formula is C25H39N2O2Y-. The molecule has 5 heteroatoms. The maximum Gasteiger partial charge on any atom is 0.278 e. The third-order valence-electron chi connectivity index (χ3n) is 4.08. The molecule has 0 unspecified atom stereocenters. The summed E-state index contributed by atoms with van der Waals surface area (Å²) in [6.07, 6.45) is 2.45. The normalized spacial score (nSPS) is 9.90. The van der Waals surface area contributed by atoms with Crippen LogP contribution in [0.3, 0.4) is 0 Å². The zero-order valence-corrected chi connectivity index (χ0v) is 23.0. The van der Waals surface area contributed by atoms with Crippen LogP contribution in [0.2, 0.25) is 0 Å². The molecular weight excluding hydrogens is 449 g/mol. The zero-order chi connectivity index (χ0) is 21.3. The number of benzene rings is 1. The van der Waals surface area contributed by atoms with E-state index in [1.165, 1.54) is 0 Å². The summed E-state index contributed by atoms with van der Waals surface area (Å²) in [6, 6.07) is 7.92. The van der Waals surface area contributed by atoms with E-state index in [2.05, 4.69) is 39.4 Å². The Labute approximate surface area is 209 Å². The molecule has 0 N–H and O–H groups in total. The fourth-order valence-electron chi connectivity index (χ4n) is 2.99. The van der Waals surface area contributed by atoms with E-state index in [4.69, 9.17) is 4.74 Å². The van der Waals surface area contributed by atoms with E-state index >= 15 is 0 Å². The largest absolute Gasteiger partial charge is 0.487 e. The van der Waals surface area contributed by atoms with Gasteiger partial charge in [0.25, 0.3) is 5.56 Å². The SMILES string of the molecule is C=CCOc1c(CC(C)C)nn(CC(C)C)c(=O)c1-c1ccccc1C.CC.[CH3-].[Y]. The van der Waals surface area contributed by atoms with Gasteiger partial charge in [-0.05, 0) is 36.3 Å². The van der Waals surface area contributed by atoms with Crippen molar-refractivity contribution in [3.8, 4) is 16.9 Å². The van der Waals surface area contributed by atoms with Crippen molar-refractivity contribution in [1.82, 2.24) is 9.78 Å². The Kier molecular flexibility index (Phi) is 16.0. The molecule has 0 saturated heterocycles. The molecule has 30 heavy (non-hydrogen) atoms. The second kappa shape index (κ2) is 15.5. The standard InChI is InChI=1S/C22H30N2O2.C2H6.CH3.Y/c1-7-12-26-21-19(13-15(2)3)23-24(14-16(4)5)22(25)20(21)18-11-9-8-10-17(18)6;1-2;;/h7-11,15-16H,1,12-14H2,2-6H3;1-2H3;1H3;/q;;-1;. The number of aromatic nitrogens is 2. The third-order valence-corrected chi connectivity index (χ3v) is 4.08. The Morgan fingerprint density at radius 2 is 1.73 bits per heavy atom. The summed E-state index contributed by atoms with van der Waals surface area (Å²) in [5.74, 6) is 1.33. The van der Waals surface area contributed by atoms with Crippen LogP contribution in [-0.4, -0.2) is 16.4 Å². The number of hydrogen-bond acceptors (Lipinski definition) is 3. The minimum atomic E-state index is -0.0976. The van der Waals surface area contributed by atoms with Crippen molar-refractivity contribution >= 4 is 0 Å². The summed E-state index contributed by atoms with van der Waals surface area (Å²) in [7, 11) is 0. The van der Waals surface area contributed by atoms with Crippen molar-refractivity contribution in [2.75, 3.05) is 6.61 Å². The van der Waals surface area contributed by atoms with Crippen LogP contribution in [0.5, 0.6) is 5.75 Å². The molecule has 4 nitrogen and oxygen atoms in total. The summed E-state index contributed by atoms with van der Waals surface area (Å²) in [6.45, 7) is 19.2. The summed E-state index contributed by atoms with van der Waals surface area (Å²) < 4.78 is 7.58. The van der Waals surface area contributed by atoms with E-state index in [1.807, 2.05) is 45.0 Å². The summed E-state index contributed by atoms with van der Waals surface area (Å²) in [4.78, 5) is 13.3. The van der Waals surface area contributed by atoms with Gasteiger partial charge in [-0.1, -0.05) is 78.5 Å². The van der Waals surface area contributed by atoms with Crippen molar-refractivity contribution < 1.29 is 37.4 Å². The molecule has 0 saturated carbocycles. The molecule has 1 aromatic heterocycles. The number of hydrogen-bond donors (Lipinski definition) is 0. The van der Waals surface area contributed by atoms with Crippen LogP contribution >= 0.6 is 0 Å². The van der Waals surface area contributed by atoms with Crippen molar-refractivity contribution in [2.45, 2.75) is 61.4 Å². The number of rotatable bonds is 8. The molecule has 1 aromatic carbocycles. The summed E-state index contributed by atoms with van der Waals surface area (Å²) in [5, 5.41) is 4.67. The predicted octanol–water partition coefficient (Wildman–Crippen LogP) is 6.11. The van der Waals surface area contributed by atoms with Gasteiger partial charge in [0.2, 0.25) is 0 Å². The fourth-order valence-corrected chi connectivity index (χ4v) is 2.99. The van der Waals surface area contributed by atoms with Gasteiger partial charge in [0.1, 0.15) is 12.3 Å². The van der Waals surface area contributed by atoms with Crippen molar-refractivity contribution in [3.05, 3.63) is 66.0 Å². The van der Waals surface area contributed by atoms with Crippen LogP contribution in [0.25, 0.3) is 11.1 Å². The first-order valence-corrected chi connectivity index (χ1v) is 10.3. The van der Waals surface area contributed by atoms with Gasteiger partial charge in [0.05, 0.1) is 5.56 Å². The van der Waals surface area contributed by atoms with Crippen molar-refractivity contribution in [2.24, 2.45) is 11.8 Å². The van der Waals surface area contributed by atoms with Crippen LogP contribution < -0.4 is 10.3 Å². The molecule has 0 spiro atoms. The molecule has 0 amide bonds. The quantitative estimate of drug-likeness (QED) is 0.333. The molecule has 2 aromatic rings. The Balaban J connectivity index is 0. The fraction of sp³-hybridized carbons (Fsp3) is 0.480. The average Bonchev–Trinajstić information content (AvgIpc) is 2.64. The maximum absolute atomic E-state index is 13.3. The first kappa shape index (κ1) is 30.9. The van der Waals surface area contributed by atoms with E-state index in [9.17, 15) is 4.79 Å². The molecule has 165 valence electrons. The number of aryl methyl sites for hydroxylation is 1. The van der Waals surface area contributed by atoms with Crippen LogP contribution in [0.1, 0.15) is 52.8 Å². The topological polar surface area (TPSA) is 44.1 Å². The van der Waals surface area contributed by atoms with Gasteiger partial charge < -0.3 is 12.2 Å². The van der Waals surface area contributed by atoms with Gasteiger partial charge in [-0.25, -0.2) is 4.68 Å². The molecule has 0 bridgehead atoms. The summed E-state index contributed by atoms with van der Waals surface area (Å²) >= 11 is 0. The van der Waals surface area contributed by atoms with Gasteiger partial charge in [-0.3, -0.25) is 4.79 Å².